The molecule has 4 heteroatoms. The summed E-state index contributed by atoms with van der Waals surface area (Å²) < 4.78 is 15.2. The highest BCUT2D eigenvalue weighted by Gasteiger charge is 2.22. The molecule has 4 nitrogen and oxygen atoms in total. The molecule has 0 radical (unpaired) electrons. The largest absolute Gasteiger partial charge is 0.456 e. The van der Waals surface area contributed by atoms with Crippen LogP contribution in [0.25, 0.3) is 93.6 Å². The highest BCUT2D eigenvalue weighted by atomic mass is 16.3. The van der Waals surface area contributed by atoms with Crippen LogP contribution in [0.5, 0.6) is 0 Å². The molecule has 58 heavy (non-hydrogen) atoms. The minimum atomic E-state index is 0.853. The highest BCUT2D eigenvalue weighted by molar-refractivity contribution is 6.22. The van der Waals surface area contributed by atoms with Crippen LogP contribution < -0.4 is 4.90 Å². The van der Waals surface area contributed by atoms with E-state index in [2.05, 4.69) is 198 Å². The van der Waals surface area contributed by atoms with Gasteiger partial charge >= 0.3 is 0 Å². The number of hydrogen-bond acceptors (Lipinski definition) is 3. The molecule has 0 unspecified atom stereocenters. The smallest absolute Gasteiger partial charge is 0.213 e. The average Bonchev–Trinajstić information content (AvgIpc) is 3.96. The van der Waals surface area contributed by atoms with Crippen LogP contribution in [0, 0.1) is 0 Å². The molecule has 0 aliphatic heterocycles. The Labute approximate surface area is 334 Å². The normalized spacial score (nSPS) is 11.8. The van der Waals surface area contributed by atoms with Crippen LogP contribution in [0.15, 0.2) is 215 Å². The van der Waals surface area contributed by atoms with E-state index in [1.807, 2.05) is 18.2 Å². The molecule has 3 heterocycles. The summed E-state index contributed by atoms with van der Waals surface area (Å²) in [5, 5.41) is 8.10. The molecular formula is C54H34N2O2. The summed E-state index contributed by atoms with van der Waals surface area (Å²) in [5.74, 6) is 0. The van der Waals surface area contributed by atoms with E-state index in [0.717, 1.165) is 83.4 Å². The van der Waals surface area contributed by atoms with E-state index in [-0.39, 0.29) is 0 Å². The molecule has 0 fully saturated rings. The quantitative estimate of drug-likeness (QED) is 0.170. The second kappa shape index (κ2) is 12.9. The van der Waals surface area contributed by atoms with Crippen LogP contribution in [0.1, 0.15) is 0 Å². The van der Waals surface area contributed by atoms with Gasteiger partial charge in [0.1, 0.15) is 16.7 Å². The van der Waals surface area contributed by atoms with Gasteiger partial charge in [-0.3, -0.25) is 4.57 Å². The van der Waals surface area contributed by atoms with Crippen molar-refractivity contribution in [2.75, 3.05) is 4.90 Å². The molecule has 0 aliphatic rings. The van der Waals surface area contributed by atoms with E-state index < -0.39 is 0 Å². The molecule has 272 valence electrons. The minimum Gasteiger partial charge on any atom is -0.456 e. The van der Waals surface area contributed by atoms with Gasteiger partial charge in [0.05, 0.1) is 10.9 Å². The van der Waals surface area contributed by atoms with Crippen LogP contribution in [-0.4, -0.2) is 4.57 Å². The zero-order chi connectivity index (χ0) is 38.2. The molecule has 12 aromatic rings. The van der Waals surface area contributed by atoms with Crippen LogP contribution in [-0.2, 0) is 0 Å². The summed E-state index contributed by atoms with van der Waals surface area (Å²) in [6, 6.07) is 73.2. The Morgan fingerprint density at radius 2 is 0.914 bits per heavy atom. The van der Waals surface area contributed by atoms with E-state index in [9.17, 15) is 0 Å². The lowest BCUT2D eigenvalue weighted by molar-refractivity contribution is 0.645. The first kappa shape index (κ1) is 32.4. The molecule has 0 amide bonds. The topological polar surface area (TPSA) is 34.5 Å². The maximum atomic E-state index is 6.62. The average molecular weight is 743 g/mol. The molecule has 0 saturated heterocycles. The van der Waals surface area contributed by atoms with Crippen molar-refractivity contribution in [2.45, 2.75) is 0 Å². The number of rotatable bonds is 6. The van der Waals surface area contributed by atoms with E-state index in [4.69, 9.17) is 8.83 Å². The molecule has 0 atom stereocenters. The first-order chi connectivity index (χ1) is 28.8. The summed E-state index contributed by atoms with van der Waals surface area (Å²) in [4.78, 5) is 2.34. The summed E-state index contributed by atoms with van der Waals surface area (Å²) >= 11 is 0. The number of anilines is 3. The zero-order valence-corrected chi connectivity index (χ0v) is 31.3. The number of nitrogens with zero attached hydrogens (tertiary/aromatic N) is 2. The van der Waals surface area contributed by atoms with Crippen molar-refractivity contribution >= 4 is 82.7 Å². The molecule has 0 spiro atoms. The predicted octanol–water partition coefficient (Wildman–Crippen LogP) is 15.4. The van der Waals surface area contributed by atoms with Crippen molar-refractivity contribution in [1.82, 2.24) is 4.57 Å². The van der Waals surface area contributed by atoms with E-state index in [1.54, 1.807) is 0 Å². The second-order valence-electron chi connectivity index (χ2n) is 14.9. The van der Waals surface area contributed by atoms with E-state index in [1.165, 1.54) is 27.3 Å². The molecular weight excluding hydrogens is 709 g/mol. The van der Waals surface area contributed by atoms with Crippen molar-refractivity contribution in [1.29, 1.82) is 0 Å². The second-order valence-corrected chi connectivity index (χ2v) is 14.9. The lowest BCUT2D eigenvalue weighted by Gasteiger charge is -2.26. The Morgan fingerprint density at radius 3 is 1.69 bits per heavy atom. The zero-order valence-electron chi connectivity index (χ0n) is 31.3. The Bertz CT molecular complexity index is 3490. The third-order valence-electron chi connectivity index (χ3n) is 11.6. The minimum absolute atomic E-state index is 0.853. The number of fused-ring (bicyclic) bond motifs is 9. The Morgan fingerprint density at radius 1 is 0.362 bits per heavy atom. The molecule has 0 aliphatic carbocycles. The molecule has 9 aromatic carbocycles. The lowest BCUT2D eigenvalue weighted by Crippen LogP contribution is -2.09. The van der Waals surface area contributed by atoms with Gasteiger partial charge in [-0.25, -0.2) is 0 Å². The number of para-hydroxylation sites is 4. The van der Waals surface area contributed by atoms with Gasteiger partial charge in [0.2, 0.25) is 5.71 Å². The van der Waals surface area contributed by atoms with Gasteiger partial charge in [-0.2, -0.15) is 0 Å². The molecule has 0 N–H and O–H groups in total. The van der Waals surface area contributed by atoms with Crippen LogP contribution in [0.4, 0.5) is 17.1 Å². The third kappa shape index (κ3) is 5.02. The van der Waals surface area contributed by atoms with Crippen molar-refractivity contribution in [3.05, 3.63) is 206 Å². The van der Waals surface area contributed by atoms with Gasteiger partial charge in [0.15, 0.2) is 0 Å². The van der Waals surface area contributed by atoms with E-state index >= 15 is 0 Å². The number of furan rings is 2. The maximum Gasteiger partial charge on any atom is 0.213 e. The van der Waals surface area contributed by atoms with Gasteiger partial charge in [0, 0.05) is 49.9 Å². The Balaban J connectivity index is 1.02. The van der Waals surface area contributed by atoms with Gasteiger partial charge in [-0.15, -0.1) is 0 Å². The Hall–Kier alpha value is -7.82. The number of hydrogen-bond donors (Lipinski definition) is 0. The van der Waals surface area contributed by atoms with Gasteiger partial charge in [-0.1, -0.05) is 140 Å². The Kier molecular flexibility index (Phi) is 7.20. The first-order valence-electron chi connectivity index (χ1n) is 19.7. The van der Waals surface area contributed by atoms with Gasteiger partial charge in [-0.05, 0) is 94.2 Å². The monoisotopic (exact) mass is 742 g/mol. The molecule has 0 bridgehead atoms. The van der Waals surface area contributed by atoms with Crippen molar-refractivity contribution in [3.63, 3.8) is 0 Å². The lowest BCUT2D eigenvalue weighted by atomic mass is 9.98. The predicted molar refractivity (Wildman–Crippen MR) is 241 cm³/mol. The molecule has 12 rings (SSSR count). The fourth-order valence-corrected chi connectivity index (χ4v) is 8.95. The maximum absolute atomic E-state index is 6.62. The van der Waals surface area contributed by atoms with Crippen LogP contribution >= 0.6 is 0 Å². The molecule has 3 aromatic heterocycles. The SMILES string of the molecule is c1ccc(-n2c3oc4ccccc4c3c3cccc(-c4ccc(N(c5ccc(-c6cccc7ccccc67)cc5)c5ccc6oc7ccccc7c6c5)cc4)c32)cc1. The number of benzene rings is 9. The third-order valence-corrected chi connectivity index (χ3v) is 11.6. The van der Waals surface area contributed by atoms with Crippen molar-refractivity contribution < 1.29 is 8.83 Å². The number of aromatic nitrogens is 1. The van der Waals surface area contributed by atoms with Crippen LogP contribution in [0.3, 0.4) is 0 Å². The van der Waals surface area contributed by atoms with Gasteiger partial charge in [0.25, 0.3) is 0 Å². The van der Waals surface area contributed by atoms with Gasteiger partial charge < -0.3 is 13.7 Å². The highest BCUT2D eigenvalue weighted by Crippen LogP contribution is 2.44. The molecule has 0 saturated carbocycles. The van der Waals surface area contributed by atoms with Crippen LogP contribution in [0.2, 0.25) is 0 Å². The summed E-state index contributed by atoms with van der Waals surface area (Å²) in [7, 11) is 0. The summed E-state index contributed by atoms with van der Waals surface area (Å²) in [6.45, 7) is 0. The van der Waals surface area contributed by atoms with Crippen molar-refractivity contribution in [3.8, 4) is 27.9 Å². The fraction of sp³-hybridized carbons (Fsp3) is 0. The summed E-state index contributed by atoms with van der Waals surface area (Å²) in [6.07, 6.45) is 0. The first-order valence-corrected chi connectivity index (χ1v) is 19.7. The fourth-order valence-electron chi connectivity index (χ4n) is 8.95. The van der Waals surface area contributed by atoms with E-state index in [0.29, 0.717) is 0 Å². The van der Waals surface area contributed by atoms with Crippen molar-refractivity contribution in [2.24, 2.45) is 0 Å². The standard InChI is InChI=1S/C54H34N2O2/c1-2-14-38(15-3-1)56-53-44(20-11-21-47(53)52-46-18-7-9-23-50(46)58-54(52)56)37-26-30-40(31-27-37)55(41-32-33-51-48(34-41)45-17-6-8-22-49(45)57-51)39-28-24-36(25-29-39)43-19-10-13-35-12-4-5-16-42(35)43/h1-34H. The summed E-state index contributed by atoms with van der Waals surface area (Å²) in [5.41, 5.74) is 13.5.